The van der Waals surface area contributed by atoms with Crippen LogP contribution in [0.25, 0.3) is 0 Å². The van der Waals surface area contributed by atoms with Crippen molar-refractivity contribution >= 4 is 5.97 Å². The topological polar surface area (TPSA) is 77.8 Å². The molecule has 0 spiro atoms. The molecule has 2 unspecified atom stereocenters. The summed E-state index contributed by atoms with van der Waals surface area (Å²) < 4.78 is 0. The minimum absolute atomic E-state index is 0.139. The fourth-order valence-corrected chi connectivity index (χ4v) is 1.15. The number of carboxylic acid groups (broad SMARTS) is 1. The van der Waals surface area contributed by atoms with E-state index in [0.29, 0.717) is 5.57 Å². The largest absolute Gasteiger partial charge is 0.480 e. The summed E-state index contributed by atoms with van der Waals surface area (Å²) in [5.41, 5.74) is -0.640. The number of carbonyl (C=O) groups is 1. The third kappa shape index (κ3) is 4.47. The van der Waals surface area contributed by atoms with Gasteiger partial charge in [0.25, 0.3) is 0 Å². The van der Waals surface area contributed by atoms with E-state index in [2.05, 4.69) is 11.8 Å². The Morgan fingerprint density at radius 2 is 2.17 bits per heavy atom. The smallest absolute Gasteiger partial charge is 0.326 e. The van der Waals surface area contributed by atoms with Gasteiger partial charge in [-0.1, -0.05) is 30.1 Å². The summed E-state index contributed by atoms with van der Waals surface area (Å²) in [4.78, 5) is 10.9. The predicted molar refractivity (Wildman–Crippen MR) is 68.3 cm³/mol. The third-order valence-electron chi connectivity index (χ3n) is 2.24. The molecule has 2 atom stereocenters. The molecule has 0 saturated heterocycles. The van der Waals surface area contributed by atoms with E-state index in [1.54, 1.807) is 12.2 Å². The predicted octanol–water partition coefficient (Wildman–Crippen LogP) is 0.570. The third-order valence-corrected chi connectivity index (χ3v) is 2.24. The van der Waals surface area contributed by atoms with E-state index in [1.807, 2.05) is 0 Å². The molecule has 1 aliphatic carbocycles. The molecule has 0 aliphatic heterocycles. The molecule has 1 aliphatic rings. The molecular weight excluding hydrogens is 232 g/mol. The van der Waals surface area contributed by atoms with Gasteiger partial charge in [-0.3, -0.25) is 4.79 Å². The van der Waals surface area contributed by atoms with Crippen LogP contribution in [0.3, 0.4) is 0 Å². The van der Waals surface area contributed by atoms with Gasteiger partial charge in [0.2, 0.25) is 0 Å². The number of aliphatic hydroxyl groups excluding tert-OH is 2. The van der Waals surface area contributed by atoms with E-state index in [4.69, 9.17) is 28.2 Å². The molecule has 0 heterocycles. The quantitative estimate of drug-likeness (QED) is 0.624. The molecule has 4 nitrogen and oxygen atoms in total. The van der Waals surface area contributed by atoms with Crippen molar-refractivity contribution in [2.75, 3.05) is 6.61 Å². The maximum atomic E-state index is 10.9. The Labute approximate surface area is 107 Å². The molecule has 0 saturated carbocycles. The number of terminal acetylenes is 2. The lowest BCUT2D eigenvalue weighted by Gasteiger charge is -2.21. The van der Waals surface area contributed by atoms with Gasteiger partial charge in [-0.25, -0.2) is 0 Å². The molecule has 0 aromatic carbocycles. The number of carboxylic acids is 1. The minimum Gasteiger partial charge on any atom is -0.480 e. The van der Waals surface area contributed by atoms with Gasteiger partial charge in [0, 0.05) is 12.0 Å². The molecule has 0 amide bonds. The first-order valence-electron chi connectivity index (χ1n) is 5.27. The van der Waals surface area contributed by atoms with Gasteiger partial charge < -0.3 is 15.3 Å². The Bertz CT molecular complexity index is 432. The van der Waals surface area contributed by atoms with E-state index in [1.165, 1.54) is 13.0 Å². The zero-order valence-corrected chi connectivity index (χ0v) is 10.1. The number of hydrogen-bond acceptors (Lipinski definition) is 3. The fraction of sp³-hybridized carbons (Fsp3) is 0.357. The van der Waals surface area contributed by atoms with Crippen LogP contribution in [0.5, 0.6) is 0 Å². The zero-order valence-electron chi connectivity index (χ0n) is 10.1. The van der Waals surface area contributed by atoms with Crippen LogP contribution in [0.1, 0.15) is 13.3 Å². The molecule has 0 aromatic rings. The van der Waals surface area contributed by atoms with Crippen LogP contribution >= 0.6 is 0 Å². The van der Waals surface area contributed by atoms with Crippen molar-refractivity contribution in [2.45, 2.75) is 19.4 Å². The number of hydrogen-bond donors (Lipinski definition) is 3. The van der Waals surface area contributed by atoms with E-state index in [-0.39, 0.29) is 13.0 Å². The van der Waals surface area contributed by atoms with Crippen LogP contribution in [0.4, 0.5) is 0 Å². The number of allylic oxidation sites excluding steroid dienone is 3. The first kappa shape index (κ1) is 16.0. The molecule has 18 heavy (non-hydrogen) atoms. The Kier molecular flexibility index (Phi) is 6.52. The van der Waals surface area contributed by atoms with Gasteiger partial charge in [-0.15, -0.1) is 12.8 Å². The Hall–Kier alpha value is -2.01. The van der Waals surface area contributed by atoms with E-state index in [0.717, 1.165) is 0 Å². The van der Waals surface area contributed by atoms with Crippen molar-refractivity contribution in [1.29, 1.82) is 0 Å². The Morgan fingerprint density at radius 3 is 2.50 bits per heavy atom. The Balaban J connectivity index is 0.000000494. The molecule has 96 valence electrons. The lowest BCUT2D eigenvalue weighted by Crippen LogP contribution is -2.28. The highest BCUT2D eigenvalue weighted by Crippen LogP contribution is 2.30. The molecular formula is C14H16O4. The van der Waals surface area contributed by atoms with Crippen molar-refractivity contribution < 1.29 is 20.1 Å². The minimum atomic E-state index is -1.25. The van der Waals surface area contributed by atoms with E-state index >= 15 is 0 Å². The second-order valence-electron chi connectivity index (χ2n) is 3.82. The van der Waals surface area contributed by atoms with Gasteiger partial charge in [0.1, 0.15) is 0 Å². The lowest BCUT2D eigenvalue weighted by atomic mass is 9.79. The van der Waals surface area contributed by atoms with Crippen molar-refractivity contribution in [1.82, 2.24) is 0 Å². The average molecular weight is 248 g/mol. The van der Waals surface area contributed by atoms with E-state index < -0.39 is 17.5 Å². The number of aliphatic carboxylic acids is 1. The summed E-state index contributed by atoms with van der Waals surface area (Å²) in [6, 6.07) is 0. The van der Waals surface area contributed by atoms with Crippen LogP contribution in [-0.4, -0.2) is 34.0 Å². The summed E-state index contributed by atoms with van der Waals surface area (Å²) in [7, 11) is 0. The first-order chi connectivity index (χ1) is 8.41. The van der Waals surface area contributed by atoms with Crippen LogP contribution < -0.4 is 0 Å². The summed E-state index contributed by atoms with van der Waals surface area (Å²) in [6.45, 7) is 1.39. The van der Waals surface area contributed by atoms with Gasteiger partial charge >= 0.3 is 5.97 Å². The summed E-state index contributed by atoms with van der Waals surface area (Å²) >= 11 is 0. The van der Waals surface area contributed by atoms with Crippen molar-refractivity contribution in [3.05, 3.63) is 23.8 Å². The SMILES string of the molecule is C#CC1=CC=CC(C#C)(C(=O)O)C1.CC(O)CO. The molecule has 0 bridgehead atoms. The normalized spacial score (nSPS) is 22.6. The van der Waals surface area contributed by atoms with Crippen LogP contribution in [-0.2, 0) is 4.79 Å². The Morgan fingerprint density at radius 1 is 1.61 bits per heavy atom. The maximum absolute atomic E-state index is 10.9. The fourth-order valence-electron chi connectivity index (χ4n) is 1.15. The molecule has 3 N–H and O–H groups in total. The van der Waals surface area contributed by atoms with Crippen LogP contribution in [0, 0.1) is 30.1 Å². The van der Waals surface area contributed by atoms with Gasteiger partial charge in [0.15, 0.2) is 5.41 Å². The second kappa shape index (κ2) is 7.34. The molecule has 4 heteroatoms. The lowest BCUT2D eigenvalue weighted by molar-refractivity contribution is -0.143. The molecule has 0 fully saturated rings. The van der Waals surface area contributed by atoms with Crippen LogP contribution in [0.15, 0.2) is 23.8 Å². The highest BCUT2D eigenvalue weighted by Gasteiger charge is 2.35. The van der Waals surface area contributed by atoms with Crippen molar-refractivity contribution in [3.63, 3.8) is 0 Å². The van der Waals surface area contributed by atoms with Gasteiger partial charge in [0.05, 0.1) is 12.7 Å². The van der Waals surface area contributed by atoms with Crippen molar-refractivity contribution in [2.24, 2.45) is 5.41 Å². The summed E-state index contributed by atoms with van der Waals surface area (Å²) in [5, 5.41) is 24.9. The number of rotatable bonds is 2. The monoisotopic (exact) mass is 248 g/mol. The van der Waals surface area contributed by atoms with Crippen LogP contribution in [0.2, 0.25) is 0 Å². The van der Waals surface area contributed by atoms with Gasteiger partial charge in [-0.2, -0.15) is 0 Å². The standard InChI is InChI=1S/C11H8O2.C3H8O2/c1-3-9-6-5-7-11(4-2,8-9)10(12)13;1-3(5)2-4/h1-2,5-7H,8H2,(H,12,13);3-5H,2H2,1H3. The average Bonchev–Trinajstić information content (AvgIpc) is 2.39. The van der Waals surface area contributed by atoms with E-state index in [9.17, 15) is 4.79 Å². The van der Waals surface area contributed by atoms with Crippen molar-refractivity contribution in [3.8, 4) is 24.7 Å². The molecule has 0 radical (unpaired) electrons. The molecule has 0 aromatic heterocycles. The first-order valence-corrected chi connectivity index (χ1v) is 5.27. The molecule has 1 rings (SSSR count). The highest BCUT2D eigenvalue weighted by atomic mass is 16.4. The number of aliphatic hydroxyl groups is 2. The maximum Gasteiger partial charge on any atom is 0.326 e. The zero-order chi connectivity index (χ0) is 14.2. The second-order valence-corrected chi connectivity index (χ2v) is 3.82. The highest BCUT2D eigenvalue weighted by molar-refractivity contribution is 5.82. The van der Waals surface area contributed by atoms with Gasteiger partial charge in [-0.05, 0) is 6.92 Å². The summed E-state index contributed by atoms with van der Waals surface area (Å²) in [5.74, 6) is 3.62. The summed E-state index contributed by atoms with van der Waals surface area (Å²) in [6.07, 6.45) is 14.7.